The maximum absolute atomic E-state index is 14.2. The number of aromatic hydroxyl groups is 1. The van der Waals surface area contributed by atoms with E-state index < -0.39 is 22.7 Å². The first kappa shape index (κ1) is 45.3. The van der Waals surface area contributed by atoms with Crippen LogP contribution in [0, 0.1) is 10.1 Å². The number of methoxy groups -OCH3 is 2. The zero-order chi connectivity index (χ0) is 43.0. The number of ketones is 1. The number of Topliss-reactive ketones (excluding diaryl/α,β-unsaturated/α-hetero) is 1. The second-order valence-electron chi connectivity index (χ2n) is 14.1. The third-order valence-corrected chi connectivity index (χ3v) is 11.2. The molecule has 4 aromatic carbocycles. The molecule has 0 atom stereocenters. The second kappa shape index (κ2) is 22.6. The lowest BCUT2D eigenvalue weighted by Gasteiger charge is -2.24. The van der Waals surface area contributed by atoms with Crippen LogP contribution in [0.15, 0.2) is 71.9 Å². The molecule has 0 radical (unpaired) electrons. The number of nitro groups is 1. The summed E-state index contributed by atoms with van der Waals surface area (Å²) < 4.78 is 17.1. The highest BCUT2D eigenvalue weighted by Gasteiger charge is 2.26. The number of anilines is 1. The van der Waals surface area contributed by atoms with Gasteiger partial charge in [0.05, 0.1) is 30.4 Å². The van der Waals surface area contributed by atoms with Crippen molar-refractivity contribution in [3.8, 4) is 17.2 Å². The molecule has 1 aromatic heterocycles. The van der Waals surface area contributed by atoms with Crippen molar-refractivity contribution in [2.24, 2.45) is 0 Å². The molecule has 318 valence electrons. The Bertz CT molecular complexity index is 2290. The van der Waals surface area contributed by atoms with E-state index in [0.717, 1.165) is 37.4 Å². The van der Waals surface area contributed by atoms with Gasteiger partial charge < -0.3 is 19.3 Å². The highest BCUT2D eigenvalue weighted by atomic mass is 35.5. The number of thioether (sulfide) groups is 1. The molecule has 0 fully saturated rings. The van der Waals surface area contributed by atoms with Crippen LogP contribution in [0.25, 0.3) is 10.8 Å². The van der Waals surface area contributed by atoms with Gasteiger partial charge in [0.15, 0.2) is 5.78 Å². The molecule has 0 saturated carbocycles. The number of aromatic nitrogens is 4. The van der Waals surface area contributed by atoms with Crippen LogP contribution >= 0.6 is 23.4 Å². The molecule has 15 nitrogen and oxygen atoms in total. The van der Waals surface area contributed by atoms with E-state index in [1.165, 1.54) is 74.1 Å². The highest BCUT2D eigenvalue weighted by Crippen LogP contribution is 2.38. The van der Waals surface area contributed by atoms with Gasteiger partial charge in [-0.15, -0.1) is 5.10 Å². The average molecular weight is 861 g/mol. The van der Waals surface area contributed by atoms with E-state index in [1.54, 1.807) is 48.5 Å². The van der Waals surface area contributed by atoms with Crippen LogP contribution in [-0.4, -0.2) is 68.8 Å². The molecule has 0 saturated heterocycles. The number of unbranched alkanes of at least 4 members (excludes halogenated alkanes) is 9. The normalized spacial score (nSPS) is 11.1. The predicted molar refractivity (Wildman–Crippen MR) is 229 cm³/mol. The minimum Gasteiger partial charge on any atom is -0.507 e. The molecule has 5 rings (SSSR count). The van der Waals surface area contributed by atoms with E-state index in [9.17, 15) is 29.6 Å². The molecule has 0 aliphatic rings. The maximum Gasteiger partial charge on any atom is 0.420 e. The van der Waals surface area contributed by atoms with Crippen LogP contribution in [0.4, 0.5) is 16.2 Å². The Morgan fingerprint density at radius 2 is 1.62 bits per heavy atom. The number of tetrazole rings is 1. The maximum atomic E-state index is 14.2. The van der Waals surface area contributed by atoms with E-state index in [4.69, 9.17) is 21.1 Å². The zero-order valence-corrected chi connectivity index (χ0v) is 35.5. The third-order valence-electron chi connectivity index (χ3n) is 9.94. The molecular weight excluding hydrogens is 812 g/mol. The van der Waals surface area contributed by atoms with Crippen LogP contribution in [-0.2, 0) is 28.2 Å². The highest BCUT2D eigenvalue weighted by molar-refractivity contribution is 7.98. The first-order valence-corrected chi connectivity index (χ1v) is 21.2. The van der Waals surface area contributed by atoms with Crippen molar-refractivity contribution in [1.29, 1.82) is 0 Å². The molecule has 0 spiro atoms. The fourth-order valence-electron chi connectivity index (χ4n) is 6.77. The molecule has 0 unspecified atom stereocenters. The van der Waals surface area contributed by atoms with Gasteiger partial charge in [-0.05, 0) is 58.8 Å². The Labute approximate surface area is 357 Å². The molecule has 17 heteroatoms. The van der Waals surface area contributed by atoms with Crippen molar-refractivity contribution in [1.82, 2.24) is 20.2 Å². The minimum atomic E-state index is -0.849. The molecule has 1 heterocycles. The molecule has 0 aliphatic heterocycles. The van der Waals surface area contributed by atoms with Crippen LogP contribution in [0.1, 0.15) is 92.6 Å². The number of rotatable bonds is 23. The number of benzene rings is 4. The Morgan fingerprint density at radius 3 is 2.32 bits per heavy atom. The van der Waals surface area contributed by atoms with Gasteiger partial charge in [-0.3, -0.25) is 24.6 Å². The number of carbonyl (C=O) groups is 3. The van der Waals surface area contributed by atoms with Gasteiger partial charge in [0.2, 0.25) is 10.9 Å². The van der Waals surface area contributed by atoms with Crippen molar-refractivity contribution < 1.29 is 38.6 Å². The molecule has 60 heavy (non-hydrogen) atoms. The summed E-state index contributed by atoms with van der Waals surface area (Å²) in [6, 6.07) is 17.5. The number of fused-ring (bicyclic) bond motifs is 1. The lowest BCUT2D eigenvalue weighted by Crippen LogP contribution is -2.34. The first-order valence-electron chi connectivity index (χ1n) is 19.9. The number of nitro benzene ring substituents is 1. The van der Waals surface area contributed by atoms with Gasteiger partial charge in [-0.1, -0.05) is 112 Å². The SMILES string of the molecule is CCCCCCCCCCCCN(C(=O)Oc1ccc(CSc2nnnn2CC(=O)OC)cc1[N+](=O)[O-])c1cccc2c(O)c(C(=O)Cc3cc(Cl)ccc3OC)ccc12. The van der Waals surface area contributed by atoms with Crippen LogP contribution < -0.4 is 14.4 Å². The van der Waals surface area contributed by atoms with E-state index in [-0.39, 0.29) is 48.1 Å². The Kier molecular flexibility index (Phi) is 17.1. The summed E-state index contributed by atoms with van der Waals surface area (Å²) in [7, 11) is 2.75. The third kappa shape index (κ3) is 12.2. The fourth-order valence-corrected chi connectivity index (χ4v) is 7.79. The Hall–Kier alpha value is -5.74. The summed E-state index contributed by atoms with van der Waals surface area (Å²) in [6.45, 7) is 2.23. The summed E-state index contributed by atoms with van der Waals surface area (Å²) in [4.78, 5) is 52.6. The van der Waals surface area contributed by atoms with Gasteiger partial charge in [-0.2, -0.15) is 0 Å². The summed E-state index contributed by atoms with van der Waals surface area (Å²) in [6.07, 6.45) is 9.87. The topological polar surface area (TPSA) is 189 Å². The largest absolute Gasteiger partial charge is 0.507 e. The van der Waals surface area contributed by atoms with E-state index >= 15 is 0 Å². The fraction of sp³-hybridized carbons (Fsp3) is 0.395. The molecule has 5 aromatic rings. The van der Waals surface area contributed by atoms with Crippen LogP contribution in [0.2, 0.25) is 5.02 Å². The number of hydrogen-bond donors (Lipinski definition) is 1. The lowest BCUT2D eigenvalue weighted by molar-refractivity contribution is -0.385. The number of phenols is 1. The lowest BCUT2D eigenvalue weighted by atomic mass is 9.97. The number of halogens is 1. The van der Waals surface area contributed by atoms with Crippen molar-refractivity contribution in [2.45, 2.75) is 95.0 Å². The number of amides is 1. The van der Waals surface area contributed by atoms with Crippen LogP contribution in [0.5, 0.6) is 17.2 Å². The van der Waals surface area contributed by atoms with E-state index in [0.29, 0.717) is 49.9 Å². The van der Waals surface area contributed by atoms with Gasteiger partial charge in [0, 0.05) is 46.1 Å². The van der Waals surface area contributed by atoms with Crippen molar-refractivity contribution in [3.63, 3.8) is 0 Å². The van der Waals surface area contributed by atoms with Crippen molar-refractivity contribution >= 4 is 63.4 Å². The first-order chi connectivity index (χ1) is 29.0. The van der Waals surface area contributed by atoms with Gasteiger partial charge >= 0.3 is 17.7 Å². The van der Waals surface area contributed by atoms with Gasteiger partial charge in [-0.25, -0.2) is 9.48 Å². The molecule has 1 amide bonds. The average Bonchev–Trinajstić information content (AvgIpc) is 3.68. The van der Waals surface area contributed by atoms with Crippen LogP contribution in [0.3, 0.4) is 0 Å². The zero-order valence-electron chi connectivity index (χ0n) is 33.9. The molecule has 0 aliphatic carbocycles. The molecule has 1 N–H and O–H groups in total. The number of esters is 1. The number of phenolic OH excluding ortho intramolecular Hbond substituents is 1. The summed E-state index contributed by atoms with van der Waals surface area (Å²) >= 11 is 7.35. The van der Waals surface area contributed by atoms with E-state index in [2.05, 4.69) is 27.2 Å². The number of hydrogen-bond acceptors (Lipinski definition) is 13. The smallest absolute Gasteiger partial charge is 0.420 e. The number of ether oxygens (including phenoxy) is 3. The van der Waals surface area contributed by atoms with E-state index in [1.807, 2.05) is 0 Å². The number of nitrogens with zero attached hydrogens (tertiary/aromatic N) is 6. The van der Waals surface area contributed by atoms with Gasteiger partial charge in [0.1, 0.15) is 18.0 Å². The predicted octanol–water partition coefficient (Wildman–Crippen LogP) is 9.92. The quantitative estimate of drug-likeness (QED) is 0.0163. The Morgan fingerprint density at radius 1 is 0.900 bits per heavy atom. The van der Waals surface area contributed by atoms with Crippen molar-refractivity contribution in [3.05, 3.63) is 98.6 Å². The Balaban J connectivity index is 1.38. The van der Waals surface area contributed by atoms with Crippen molar-refractivity contribution in [2.75, 3.05) is 25.7 Å². The monoisotopic (exact) mass is 860 g/mol. The summed E-state index contributed by atoms with van der Waals surface area (Å²) in [5.74, 6) is -0.722. The van der Waals surface area contributed by atoms with Gasteiger partial charge in [0.25, 0.3) is 0 Å². The standard InChI is InChI=1S/C43H49ClN6O9S/c1-4-5-6-7-8-9-10-11-12-13-23-48(35-16-14-15-33-32(35)19-20-34(41(33)53)37(51)26-30-25-31(44)18-22-38(30)57-2)43(54)59-39-21-17-29(24-36(39)50(55)56)28-60-42-45-46-47-49(42)27-40(52)58-3/h14-22,24-25,53H,4-13,23,26-28H2,1-3H3. The molecule has 0 bridgehead atoms. The molecular formula is C43H49ClN6O9S. The number of carbonyl (C=O) groups excluding carboxylic acids is 3. The second-order valence-corrected chi connectivity index (χ2v) is 15.5. The summed E-state index contributed by atoms with van der Waals surface area (Å²) in [5.41, 5.74) is 1.14. The minimum absolute atomic E-state index is 0.0792. The summed E-state index contributed by atoms with van der Waals surface area (Å²) in [5, 5.41) is 36.7.